The van der Waals surface area contributed by atoms with Gasteiger partial charge in [0.1, 0.15) is 5.52 Å². The molecule has 3 rings (SSSR count). The van der Waals surface area contributed by atoms with E-state index in [1.165, 1.54) is 0 Å². The van der Waals surface area contributed by atoms with E-state index in [1.807, 2.05) is 24.0 Å². The lowest BCUT2D eigenvalue weighted by atomic mass is 9.92. The first-order chi connectivity index (χ1) is 9.13. The maximum atomic E-state index is 10.1. The number of rotatable bonds is 2. The Morgan fingerprint density at radius 2 is 2.05 bits per heavy atom. The van der Waals surface area contributed by atoms with Gasteiger partial charge in [-0.05, 0) is 25.0 Å². The number of fused-ring (bicyclic) bond motifs is 1. The summed E-state index contributed by atoms with van der Waals surface area (Å²) in [5.74, 6) is 0. The van der Waals surface area contributed by atoms with Gasteiger partial charge in [0.15, 0.2) is 0 Å². The minimum Gasteiger partial charge on any atom is -0.393 e. The second-order valence-corrected chi connectivity index (χ2v) is 5.37. The summed E-state index contributed by atoms with van der Waals surface area (Å²) in [5.41, 5.74) is 2.31. The first-order valence-corrected chi connectivity index (χ1v) is 6.61. The number of aliphatic hydroxyl groups excluding tert-OH is 1. The van der Waals surface area contributed by atoms with Crippen molar-refractivity contribution < 1.29 is 10.2 Å². The predicted molar refractivity (Wildman–Crippen MR) is 74.2 cm³/mol. The Balaban J connectivity index is 1.90. The smallest absolute Gasteiger partial charge is 0.112 e. The average molecular weight is 261 g/mol. The number of piperidine rings is 1. The monoisotopic (exact) mass is 261 g/mol. The fraction of sp³-hybridized carbons (Fsp3) is 0.500. The maximum Gasteiger partial charge on any atom is 0.112 e. The number of aliphatic hydroxyl groups is 2. The van der Waals surface area contributed by atoms with E-state index in [1.54, 1.807) is 0 Å². The van der Waals surface area contributed by atoms with Gasteiger partial charge in [0.2, 0.25) is 0 Å². The van der Waals surface area contributed by atoms with Gasteiger partial charge in [-0.15, -0.1) is 0 Å². The molecule has 2 aromatic rings. The summed E-state index contributed by atoms with van der Waals surface area (Å²) in [6.07, 6.45) is 3.00. The van der Waals surface area contributed by atoms with E-state index < -0.39 is 5.60 Å². The Bertz CT molecular complexity index is 585. The van der Waals surface area contributed by atoms with Gasteiger partial charge in [-0.25, -0.2) is 4.98 Å². The third-order valence-electron chi connectivity index (χ3n) is 4.06. The van der Waals surface area contributed by atoms with Gasteiger partial charge < -0.3 is 19.7 Å². The summed E-state index contributed by atoms with van der Waals surface area (Å²) < 4.78 is 2.01. The summed E-state index contributed by atoms with van der Waals surface area (Å²) in [5, 5.41) is 19.3. The molecule has 0 radical (unpaired) electrons. The third-order valence-corrected chi connectivity index (χ3v) is 4.06. The molecule has 1 aromatic heterocycles. The van der Waals surface area contributed by atoms with Crippen molar-refractivity contribution in [3.63, 3.8) is 0 Å². The second kappa shape index (κ2) is 4.51. The molecule has 0 amide bonds. The van der Waals surface area contributed by atoms with Crippen LogP contribution in [0.25, 0.3) is 11.0 Å². The van der Waals surface area contributed by atoms with E-state index in [4.69, 9.17) is 0 Å². The van der Waals surface area contributed by atoms with E-state index in [0.717, 1.165) is 29.8 Å². The Labute approximate surface area is 112 Å². The number of anilines is 1. The highest BCUT2D eigenvalue weighted by molar-refractivity contribution is 5.89. The highest BCUT2D eigenvalue weighted by atomic mass is 16.3. The number of para-hydroxylation sites is 1. The molecule has 0 atom stereocenters. The van der Waals surface area contributed by atoms with Crippen LogP contribution >= 0.6 is 0 Å². The minimum absolute atomic E-state index is 0.158. The molecule has 102 valence electrons. The quantitative estimate of drug-likeness (QED) is 0.843. The topological polar surface area (TPSA) is 61.5 Å². The number of aromatic nitrogens is 2. The number of benzene rings is 1. The second-order valence-electron chi connectivity index (χ2n) is 5.37. The summed E-state index contributed by atoms with van der Waals surface area (Å²) in [7, 11) is 1.99. The van der Waals surface area contributed by atoms with Crippen molar-refractivity contribution in [2.45, 2.75) is 18.4 Å². The first-order valence-electron chi connectivity index (χ1n) is 6.61. The molecule has 5 heteroatoms. The Kier molecular flexibility index (Phi) is 2.95. The zero-order valence-electron chi connectivity index (χ0n) is 11.1. The normalized spacial score (nSPS) is 19.0. The molecular weight excluding hydrogens is 242 g/mol. The standard InChI is InChI=1S/C14H19N3O2/c1-16-10-15-13-11(16)3-2-4-12(13)17-7-5-14(19,9-18)6-8-17/h2-4,10,18-19H,5-9H2,1H3. The molecule has 0 unspecified atom stereocenters. The van der Waals surface area contributed by atoms with Gasteiger partial charge in [0, 0.05) is 20.1 Å². The zero-order chi connectivity index (χ0) is 13.5. The van der Waals surface area contributed by atoms with Gasteiger partial charge in [-0.3, -0.25) is 0 Å². The lowest BCUT2D eigenvalue weighted by molar-refractivity contribution is -0.0325. The molecule has 0 aliphatic carbocycles. The van der Waals surface area contributed by atoms with Crippen molar-refractivity contribution in [1.82, 2.24) is 9.55 Å². The van der Waals surface area contributed by atoms with Crippen molar-refractivity contribution in [2.75, 3.05) is 24.6 Å². The number of imidazole rings is 1. The van der Waals surface area contributed by atoms with Crippen LogP contribution in [0.2, 0.25) is 0 Å². The fourth-order valence-corrected chi connectivity index (χ4v) is 2.72. The van der Waals surface area contributed by atoms with Crippen LogP contribution < -0.4 is 4.90 Å². The highest BCUT2D eigenvalue weighted by Crippen LogP contribution is 2.30. The van der Waals surface area contributed by atoms with Crippen molar-refractivity contribution in [3.05, 3.63) is 24.5 Å². The van der Waals surface area contributed by atoms with Crippen molar-refractivity contribution in [2.24, 2.45) is 7.05 Å². The molecule has 1 fully saturated rings. The number of nitrogens with zero attached hydrogens (tertiary/aromatic N) is 3. The summed E-state index contributed by atoms with van der Waals surface area (Å²) >= 11 is 0. The van der Waals surface area contributed by atoms with Crippen LogP contribution in [0.4, 0.5) is 5.69 Å². The van der Waals surface area contributed by atoms with Crippen molar-refractivity contribution in [3.8, 4) is 0 Å². The highest BCUT2D eigenvalue weighted by Gasteiger charge is 2.32. The molecule has 1 saturated heterocycles. The lowest BCUT2D eigenvalue weighted by Crippen LogP contribution is -2.46. The lowest BCUT2D eigenvalue weighted by Gasteiger charge is -2.38. The van der Waals surface area contributed by atoms with E-state index >= 15 is 0 Å². The van der Waals surface area contributed by atoms with E-state index in [0.29, 0.717) is 12.8 Å². The third kappa shape index (κ3) is 2.09. The summed E-state index contributed by atoms with van der Waals surface area (Å²) in [6, 6.07) is 6.16. The zero-order valence-corrected chi connectivity index (χ0v) is 11.1. The molecule has 2 heterocycles. The molecule has 5 nitrogen and oxygen atoms in total. The van der Waals surface area contributed by atoms with Gasteiger partial charge in [0.05, 0.1) is 29.7 Å². The number of hydrogen-bond acceptors (Lipinski definition) is 4. The Morgan fingerprint density at radius 1 is 1.32 bits per heavy atom. The number of aryl methyl sites for hydroxylation is 1. The minimum atomic E-state index is -0.908. The largest absolute Gasteiger partial charge is 0.393 e. The van der Waals surface area contributed by atoms with Crippen molar-refractivity contribution >= 4 is 16.7 Å². The number of hydrogen-bond donors (Lipinski definition) is 2. The molecule has 1 aliphatic heterocycles. The molecule has 19 heavy (non-hydrogen) atoms. The van der Waals surface area contributed by atoms with Gasteiger partial charge >= 0.3 is 0 Å². The van der Waals surface area contributed by atoms with Crippen LogP contribution in [0, 0.1) is 0 Å². The molecule has 0 bridgehead atoms. The van der Waals surface area contributed by atoms with E-state index in [2.05, 4.69) is 22.0 Å². The maximum absolute atomic E-state index is 10.1. The summed E-state index contributed by atoms with van der Waals surface area (Å²) in [4.78, 5) is 6.69. The predicted octanol–water partition coefficient (Wildman–Crippen LogP) is 0.897. The van der Waals surface area contributed by atoms with E-state index in [9.17, 15) is 10.2 Å². The van der Waals surface area contributed by atoms with Gasteiger partial charge in [0.25, 0.3) is 0 Å². The fourth-order valence-electron chi connectivity index (χ4n) is 2.72. The van der Waals surface area contributed by atoms with Gasteiger partial charge in [-0.1, -0.05) is 6.07 Å². The van der Waals surface area contributed by atoms with Crippen LogP contribution in [0.1, 0.15) is 12.8 Å². The summed E-state index contributed by atoms with van der Waals surface area (Å²) in [6.45, 7) is 1.33. The van der Waals surface area contributed by atoms with Crippen LogP contribution in [-0.4, -0.2) is 45.1 Å². The van der Waals surface area contributed by atoms with Crippen LogP contribution in [-0.2, 0) is 7.05 Å². The molecule has 1 aromatic carbocycles. The molecule has 2 N–H and O–H groups in total. The molecule has 1 aliphatic rings. The van der Waals surface area contributed by atoms with Crippen LogP contribution in [0.15, 0.2) is 24.5 Å². The Hall–Kier alpha value is -1.59. The average Bonchev–Trinajstić information content (AvgIpc) is 2.82. The SMILES string of the molecule is Cn1cnc2c(N3CCC(O)(CO)CC3)cccc21. The van der Waals surface area contributed by atoms with Crippen LogP contribution in [0.3, 0.4) is 0 Å². The van der Waals surface area contributed by atoms with Crippen LogP contribution in [0.5, 0.6) is 0 Å². The Morgan fingerprint density at radius 3 is 2.74 bits per heavy atom. The van der Waals surface area contributed by atoms with Gasteiger partial charge in [-0.2, -0.15) is 0 Å². The molecule has 0 spiro atoms. The first kappa shape index (κ1) is 12.4. The van der Waals surface area contributed by atoms with Crippen molar-refractivity contribution in [1.29, 1.82) is 0 Å². The molecular formula is C14H19N3O2. The molecule has 0 saturated carbocycles. The van der Waals surface area contributed by atoms with E-state index in [-0.39, 0.29) is 6.61 Å².